The number of nitrogens with one attached hydrogen (secondary N) is 2. The summed E-state index contributed by atoms with van der Waals surface area (Å²) in [6.07, 6.45) is 3.13. The smallest absolute Gasteiger partial charge is 0.106 e. The third kappa shape index (κ3) is 3.55. The lowest BCUT2D eigenvalue weighted by molar-refractivity contribution is 0.512. The Morgan fingerprint density at radius 1 is 1.60 bits per heavy atom. The molecule has 1 atom stereocenters. The first-order chi connectivity index (χ1) is 7.34. The first kappa shape index (κ1) is 11.0. The molecule has 0 spiro atoms. The standard InChI is InChI=1S/C11H16BrN3/c12-11-5-9(2-4-15-11)6-14-8-10-1-3-13-7-10/h2,4-5,10,13-14H,1,3,6-8H2/t10-/m0/s1. The highest BCUT2D eigenvalue weighted by Gasteiger charge is 2.13. The zero-order valence-corrected chi connectivity index (χ0v) is 10.3. The van der Waals surface area contributed by atoms with E-state index in [1.54, 1.807) is 0 Å². The van der Waals surface area contributed by atoms with Gasteiger partial charge in [-0.1, -0.05) is 0 Å². The molecule has 2 N–H and O–H groups in total. The highest BCUT2D eigenvalue weighted by Crippen LogP contribution is 2.09. The molecule has 1 aromatic rings. The van der Waals surface area contributed by atoms with Gasteiger partial charge in [0.2, 0.25) is 0 Å². The molecule has 2 heterocycles. The fraction of sp³-hybridized carbons (Fsp3) is 0.545. The van der Waals surface area contributed by atoms with Crippen LogP contribution in [0.2, 0.25) is 0 Å². The van der Waals surface area contributed by atoms with Crippen LogP contribution in [-0.2, 0) is 6.54 Å². The van der Waals surface area contributed by atoms with Crippen LogP contribution in [0.25, 0.3) is 0 Å². The Kier molecular flexibility index (Phi) is 4.11. The molecule has 0 radical (unpaired) electrons. The highest BCUT2D eigenvalue weighted by atomic mass is 79.9. The number of halogens is 1. The number of aromatic nitrogens is 1. The molecular weight excluding hydrogens is 254 g/mol. The lowest BCUT2D eigenvalue weighted by Gasteiger charge is -2.09. The maximum atomic E-state index is 4.10. The van der Waals surface area contributed by atoms with Crippen LogP contribution in [-0.4, -0.2) is 24.6 Å². The zero-order valence-electron chi connectivity index (χ0n) is 8.67. The number of hydrogen-bond acceptors (Lipinski definition) is 3. The Balaban J connectivity index is 1.73. The van der Waals surface area contributed by atoms with Crippen LogP contribution in [0, 0.1) is 5.92 Å². The summed E-state index contributed by atoms with van der Waals surface area (Å²) in [6, 6.07) is 4.10. The maximum absolute atomic E-state index is 4.10. The van der Waals surface area contributed by atoms with Crippen molar-refractivity contribution in [1.29, 1.82) is 0 Å². The second-order valence-corrected chi connectivity index (χ2v) is 4.79. The lowest BCUT2D eigenvalue weighted by atomic mass is 10.1. The van der Waals surface area contributed by atoms with E-state index in [0.29, 0.717) is 0 Å². The largest absolute Gasteiger partial charge is 0.316 e. The molecule has 0 aliphatic carbocycles. The van der Waals surface area contributed by atoms with Crippen molar-refractivity contribution in [2.75, 3.05) is 19.6 Å². The van der Waals surface area contributed by atoms with Crippen molar-refractivity contribution in [1.82, 2.24) is 15.6 Å². The summed E-state index contributed by atoms with van der Waals surface area (Å²) in [5.41, 5.74) is 1.28. The van der Waals surface area contributed by atoms with Gasteiger partial charge in [-0.15, -0.1) is 0 Å². The van der Waals surface area contributed by atoms with Crippen molar-refractivity contribution in [2.24, 2.45) is 5.92 Å². The fourth-order valence-electron chi connectivity index (χ4n) is 1.86. The molecule has 0 aromatic carbocycles. The minimum absolute atomic E-state index is 0.801. The van der Waals surface area contributed by atoms with Gasteiger partial charge < -0.3 is 10.6 Å². The van der Waals surface area contributed by atoms with E-state index in [4.69, 9.17) is 0 Å². The van der Waals surface area contributed by atoms with Crippen molar-refractivity contribution >= 4 is 15.9 Å². The molecule has 1 saturated heterocycles. The molecule has 1 fully saturated rings. The van der Waals surface area contributed by atoms with Gasteiger partial charge in [-0.2, -0.15) is 0 Å². The highest BCUT2D eigenvalue weighted by molar-refractivity contribution is 9.10. The first-order valence-electron chi connectivity index (χ1n) is 5.36. The molecule has 1 aliphatic heterocycles. The van der Waals surface area contributed by atoms with Crippen LogP contribution < -0.4 is 10.6 Å². The van der Waals surface area contributed by atoms with E-state index < -0.39 is 0 Å². The minimum atomic E-state index is 0.801. The Morgan fingerprint density at radius 2 is 2.53 bits per heavy atom. The van der Waals surface area contributed by atoms with E-state index in [2.05, 4.69) is 37.6 Å². The zero-order chi connectivity index (χ0) is 10.5. The fourth-order valence-corrected chi connectivity index (χ4v) is 2.27. The van der Waals surface area contributed by atoms with E-state index in [1.807, 2.05) is 12.3 Å². The average molecular weight is 270 g/mol. The first-order valence-corrected chi connectivity index (χ1v) is 6.16. The molecule has 2 rings (SSSR count). The third-order valence-corrected chi connectivity index (χ3v) is 3.15. The normalized spacial score (nSPS) is 20.7. The summed E-state index contributed by atoms with van der Waals surface area (Å²) < 4.78 is 0.907. The van der Waals surface area contributed by atoms with Gasteiger partial charge in [0, 0.05) is 12.7 Å². The van der Waals surface area contributed by atoms with Crippen molar-refractivity contribution < 1.29 is 0 Å². The molecule has 0 unspecified atom stereocenters. The predicted molar refractivity (Wildman–Crippen MR) is 64.6 cm³/mol. The van der Waals surface area contributed by atoms with Gasteiger partial charge >= 0.3 is 0 Å². The Hall–Kier alpha value is -0.450. The topological polar surface area (TPSA) is 37.0 Å². The average Bonchev–Trinajstić information content (AvgIpc) is 2.71. The van der Waals surface area contributed by atoms with Gasteiger partial charge in [-0.3, -0.25) is 0 Å². The van der Waals surface area contributed by atoms with Gasteiger partial charge in [0.25, 0.3) is 0 Å². The van der Waals surface area contributed by atoms with E-state index in [9.17, 15) is 0 Å². The maximum Gasteiger partial charge on any atom is 0.106 e. The second-order valence-electron chi connectivity index (χ2n) is 3.98. The molecule has 0 amide bonds. The summed E-state index contributed by atoms with van der Waals surface area (Å²) >= 11 is 3.37. The Labute approximate surface area is 98.8 Å². The summed E-state index contributed by atoms with van der Waals surface area (Å²) in [6.45, 7) is 4.37. The molecule has 82 valence electrons. The molecule has 1 aromatic heterocycles. The number of nitrogens with zero attached hydrogens (tertiary/aromatic N) is 1. The molecule has 1 aliphatic rings. The second kappa shape index (κ2) is 5.58. The quantitative estimate of drug-likeness (QED) is 0.815. The molecule has 3 nitrogen and oxygen atoms in total. The van der Waals surface area contributed by atoms with Crippen molar-refractivity contribution in [2.45, 2.75) is 13.0 Å². The van der Waals surface area contributed by atoms with Gasteiger partial charge in [0.15, 0.2) is 0 Å². The van der Waals surface area contributed by atoms with Crippen molar-refractivity contribution in [3.05, 3.63) is 28.5 Å². The molecule has 4 heteroatoms. The molecular formula is C11H16BrN3. The number of pyridine rings is 1. The van der Waals surface area contributed by atoms with Crippen LogP contribution in [0.3, 0.4) is 0 Å². The molecule has 0 bridgehead atoms. The van der Waals surface area contributed by atoms with E-state index in [1.165, 1.54) is 18.5 Å². The number of rotatable bonds is 4. The Morgan fingerprint density at radius 3 is 3.27 bits per heavy atom. The van der Waals surface area contributed by atoms with Crippen molar-refractivity contribution in [3.8, 4) is 0 Å². The van der Waals surface area contributed by atoms with Gasteiger partial charge in [-0.25, -0.2) is 4.98 Å². The summed E-state index contributed by atoms with van der Waals surface area (Å²) in [7, 11) is 0. The lowest BCUT2D eigenvalue weighted by Crippen LogP contribution is -2.24. The monoisotopic (exact) mass is 269 g/mol. The predicted octanol–water partition coefficient (Wildman–Crippen LogP) is 1.54. The SMILES string of the molecule is Brc1cc(CNC[C@H]2CCNC2)ccn1. The van der Waals surface area contributed by atoms with Gasteiger partial charge in [0.1, 0.15) is 4.60 Å². The summed E-state index contributed by atoms with van der Waals surface area (Å²) in [5.74, 6) is 0.801. The minimum Gasteiger partial charge on any atom is -0.316 e. The van der Waals surface area contributed by atoms with E-state index in [-0.39, 0.29) is 0 Å². The van der Waals surface area contributed by atoms with Crippen LogP contribution in [0.15, 0.2) is 22.9 Å². The van der Waals surface area contributed by atoms with E-state index in [0.717, 1.165) is 30.2 Å². The Bertz CT molecular complexity index is 310. The third-order valence-electron chi connectivity index (χ3n) is 2.72. The summed E-state index contributed by atoms with van der Waals surface area (Å²) in [5, 5.41) is 6.85. The summed E-state index contributed by atoms with van der Waals surface area (Å²) in [4.78, 5) is 4.10. The van der Waals surface area contributed by atoms with Crippen LogP contribution >= 0.6 is 15.9 Å². The molecule has 0 saturated carbocycles. The van der Waals surface area contributed by atoms with Crippen LogP contribution in [0.4, 0.5) is 0 Å². The van der Waals surface area contributed by atoms with Crippen LogP contribution in [0.5, 0.6) is 0 Å². The van der Waals surface area contributed by atoms with Crippen LogP contribution in [0.1, 0.15) is 12.0 Å². The van der Waals surface area contributed by atoms with E-state index >= 15 is 0 Å². The van der Waals surface area contributed by atoms with Crippen molar-refractivity contribution in [3.63, 3.8) is 0 Å². The van der Waals surface area contributed by atoms with Gasteiger partial charge in [-0.05, 0) is 65.6 Å². The number of hydrogen-bond donors (Lipinski definition) is 2. The molecule has 15 heavy (non-hydrogen) atoms. The van der Waals surface area contributed by atoms with Gasteiger partial charge in [0.05, 0.1) is 0 Å².